The van der Waals surface area contributed by atoms with Crippen molar-refractivity contribution in [2.45, 2.75) is 6.54 Å². The zero-order valence-electron chi connectivity index (χ0n) is 9.66. The van der Waals surface area contributed by atoms with E-state index in [1.54, 1.807) is 18.4 Å². The molecule has 0 spiro atoms. The predicted octanol–water partition coefficient (Wildman–Crippen LogP) is 3.30. The van der Waals surface area contributed by atoms with Crippen LogP contribution in [0.5, 0.6) is 5.75 Å². The van der Waals surface area contributed by atoms with E-state index in [9.17, 15) is 0 Å². The third-order valence-corrected chi connectivity index (χ3v) is 4.19. The summed E-state index contributed by atoms with van der Waals surface area (Å²) >= 11 is 5.16. The van der Waals surface area contributed by atoms with E-state index in [0.717, 1.165) is 32.3 Å². The van der Waals surface area contributed by atoms with Gasteiger partial charge in [-0.25, -0.2) is 4.98 Å². The number of nitrogens with one attached hydrogen (secondary N) is 1. The summed E-state index contributed by atoms with van der Waals surface area (Å²) in [4.78, 5) is 4.61. The fourth-order valence-electron chi connectivity index (χ4n) is 1.55. The van der Waals surface area contributed by atoms with Crippen molar-refractivity contribution in [3.63, 3.8) is 0 Å². The monoisotopic (exact) mass is 312 g/mol. The second-order valence-corrected chi connectivity index (χ2v) is 5.79. The normalized spacial score (nSPS) is 10.5. The van der Waals surface area contributed by atoms with Crippen LogP contribution in [0.25, 0.3) is 10.6 Å². The molecule has 1 aromatic heterocycles. The molecule has 1 aromatic carbocycles. The summed E-state index contributed by atoms with van der Waals surface area (Å²) in [5, 5.41) is 4.07. The molecule has 0 amide bonds. The van der Waals surface area contributed by atoms with E-state index in [2.05, 4.69) is 26.2 Å². The second kappa shape index (κ2) is 5.62. The van der Waals surface area contributed by atoms with Crippen molar-refractivity contribution >= 4 is 27.3 Å². The number of benzene rings is 1. The highest BCUT2D eigenvalue weighted by Gasteiger charge is 2.13. The van der Waals surface area contributed by atoms with Gasteiger partial charge in [-0.05, 0) is 35.1 Å². The first-order valence-electron chi connectivity index (χ1n) is 5.19. The van der Waals surface area contributed by atoms with Crippen LogP contribution in [-0.2, 0) is 6.54 Å². The number of para-hydroxylation sites is 1. The Morgan fingerprint density at radius 3 is 2.88 bits per heavy atom. The number of halogens is 1. The van der Waals surface area contributed by atoms with Crippen molar-refractivity contribution in [2.24, 2.45) is 0 Å². The summed E-state index contributed by atoms with van der Waals surface area (Å²) in [7, 11) is 3.59. The molecule has 0 saturated heterocycles. The van der Waals surface area contributed by atoms with E-state index in [1.165, 1.54) is 0 Å². The van der Waals surface area contributed by atoms with Gasteiger partial charge < -0.3 is 10.1 Å². The smallest absolute Gasteiger partial charge is 0.129 e. The average Bonchev–Trinajstić information content (AvgIpc) is 2.71. The van der Waals surface area contributed by atoms with Crippen molar-refractivity contribution < 1.29 is 4.74 Å². The van der Waals surface area contributed by atoms with Gasteiger partial charge in [0.15, 0.2) is 0 Å². The summed E-state index contributed by atoms with van der Waals surface area (Å²) in [5.41, 5.74) is 2.06. The first-order chi connectivity index (χ1) is 8.26. The van der Waals surface area contributed by atoms with Gasteiger partial charge >= 0.3 is 0 Å². The molecule has 5 heteroatoms. The van der Waals surface area contributed by atoms with E-state index in [0.29, 0.717) is 0 Å². The van der Waals surface area contributed by atoms with E-state index < -0.39 is 0 Å². The molecule has 0 unspecified atom stereocenters. The summed E-state index contributed by atoms with van der Waals surface area (Å²) in [6, 6.07) is 7.92. The number of ether oxygens (including phenoxy) is 1. The van der Waals surface area contributed by atoms with Gasteiger partial charge in [0, 0.05) is 6.54 Å². The third-order valence-electron chi connectivity index (χ3n) is 2.33. The Morgan fingerprint density at radius 1 is 1.41 bits per heavy atom. The minimum atomic E-state index is 0.756. The highest BCUT2D eigenvalue weighted by molar-refractivity contribution is 9.11. The quantitative estimate of drug-likeness (QED) is 0.940. The molecule has 0 saturated carbocycles. The summed E-state index contributed by atoms with van der Waals surface area (Å²) in [6.45, 7) is 0.756. The Bertz CT molecular complexity index is 513. The lowest BCUT2D eigenvalue weighted by Crippen LogP contribution is -2.05. The molecule has 0 fully saturated rings. The average molecular weight is 313 g/mol. The second-order valence-electron chi connectivity index (χ2n) is 3.47. The topological polar surface area (TPSA) is 34.2 Å². The van der Waals surface area contributed by atoms with Crippen LogP contribution in [0, 0.1) is 0 Å². The standard InChI is InChI=1S/C12H13BrN2OS/c1-14-7-9-11(13)17-12(15-9)8-5-3-4-6-10(8)16-2/h3-6,14H,7H2,1-2H3. The van der Waals surface area contributed by atoms with Crippen molar-refractivity contribution in [3.8, 4) is 16.3 Å². The van der Waals surface area contributed by atoms with Crippen LogP contribution in [0.3, 0.4) is 0 Å². The van der Waals surface area contributed by atoms with Gasteiger partial charge in [-0.15, -0.1) is 11.3 Å². The Hall–Kier alpha value is -0.910. The fraction of sp³-hybridized carbons (Fsp3) is 0.250. The van der Waals surface area contributed by atoms with Crippen LogP contribution < -0.4 is 10.1 Å². The minimum Gasteiger partial charge on any atom is -0.496 e. The Morgan fingerprint density at radius 2 is 2.18 bits per heavy atom. The predicted molar refractivity (Wildman–Crippen MR) is 74.6 cm³/mol. The molecule has 0 bridgehead atoms. The number of hydrogen-bond donors (Lipinski definition) is 1. The Kier molecular flexibility index (Phi) is 4.15. The summed E-state index contributed by atoms with van der Waals surface area (Å²) in [6.07, 6.45) is 0. The van der Waals surface area contributed by atoms with Gasteiger partial charge in [-0.1, -0.05) is 12.1 Å². The SMILES string of the molecule is CNCc1nc(-c2ccccc2OC)sc1Br. The number of methoxy groups -OCH3 is 1. The largest absolute Gasteiger partial charge is 0.496 e. The molecule has 90 valence electrons. The zero-order valence-corrected chi connectivity index (χ0v) is 12.1. The third kappa shape index (κ3) is 2.68. The number of nitrogens with zero attached hydrogens (tertiary/aromatic N) is 1. The molecule has 0 aliphatic heterocycles. The van der Waals surface area contributed by atoms with Crippen LogP contribution in [0.1, 0.15) is 5.69 Å². The molecule has 2 aromatic rings. The molecule has 0 atom stereocenters. The lowest BCUT2D eigenvalue weighted by atomic mass is 10.2. The van der Waals surface area contributed by atoms with Gasteiger partial charge in [0.25, 0.3) is 0 Å². The van der Waals surface area contributed by atoms with E-state index in [-0.39, 0.29) is 0 Å². The van der Waals surface area contributed by atoms with Crippen molar-refractivity contribution in [2.75, 3.05) is 14.2 Å². The van der Waals surface area contributed by atoms with Crippen LogP contribution >= 0.6 is 27.3 Å². The summed E-state index contributed by atoms with van der Waals surface area (Å²) in [5.74, 6) is 0.852. The maximum absolute atomic E-state index is 5.34. The summed E-state index contributed by atoms with van der Waals surface area (Å²) < 4.78 is 6.41. The van der Waals surface area contributed by atoms with Crippen molar-refractivity contribution in [3.05, 3.63) is 33.7 Å². The number of thiazole rings is 1. The first kappa shape index (κ1) is 12.5. The lowest BCUT2D eigenvalue weighted by molar-refractivity contribution is 0.416. The number of aromatic nitrogens is 1. The zero-order chi connectivity index (χ0) is 12.3. The molecular formula is C12H13BrN2OS. The van der Waals surface area contributed by atoms with Crippen LogP contribution in [0.4, 0.5) is 0 Å². The highest BCUT2D eigenvalue weighted by atomic mass is 79.9. The van der Waals surface area contributed by atoms with Gasteiger partial charge in [0.2, 0.25) is 0 Å². The molecule has 3 nitrogen and oxygen atoms in total. The molecule has 1 heterocycles. The van der Waals surface area contributed by atoms with Crippen molar-refractivity contribution in [1.82, 2.24) is 10.3 Å². The molecule has 0 aliphatic rings. The first-order valence-corrected chi connectivity index (χ1v) is 6.80. The number of rotatable bonds is 4. The van der Waals surface area contributed by atoms with E-state index in [1.807, 2.05) is 31.3 Å². The maximum atomic E-state index is 5.34. The Labute approximate surface area is 113 Å². The minimum absolute atomic E-state index is 0.756. The van der Waals surface area contributed by atoms with Gasteiger partial charge in [-0.2, -0.15) is 0 Å². The molecule has 2 rings (SSSR count). The van der Waals surface area contributed by atoms with E-state index >= 15 is 0 Å². The number of hydrogen-bond acceptors (Lipinski definition) is 4. The van der Waals surface area contributed by atoms with E-state index in [4.69, 9.17) is 4.74 Å². The Balaban J connectivity index is 2.42. The molecule has 0 aliphatic carbocycles. The van der Waals surface area contributed by atoms with Crippen molar-refractivity contribution in [1.29, 1.82) is 0 Å². The maximum Gasteiger partial charge on any atom is 0.129 e. The lowest BCUT2D eigenvalue weighted by Gasteiger charge is -2.04. The fourth-order valence-corrected chi connectivity index (χ4v) is 3.07. The molecular weight excluding hydrogens is 300 g/mol. The molecule has 0 radical (unpaired) electrons. The van der Waals surface area contributed by atoms with Gasteiger partial charge in [-0.3, -0.25) is 0 Å². The van der Waals surface area contributed by atoms with Gasteiger partial charge in [0.05, 0.1) is 22.2 Å². The van der Waals surface area contributed by atoms with Crippen LogP contribution in [0.2, 0.25) is 0 Å². The van der Waals surface area contributed by atoms with Crippen LogP contribution in [0.15, 0.2) is 28.1 Å². The van der Waals surface area contributed by atoms with Gasteiger partial charge in [0.1, 0.15) is 10.8 Å². The molecule has 17 heavy (non-hydrogen) atoms. The highest BCUT2D eigenvalue weighted by Crippen LogP contribution is 2.36. The molecule has 1 N–H and O–H groups in total. The van der Waals surface area contributed by atoms with Crippen LogP contribution in [-0.4, -0.2) is 19.1 Å².